The van der Waals surface area contributed by atoms with Crippen LogP contribution < -0.4 is 21.5 Å². The Morgan fingerprint density at radius 1 is 1.04 bits per heavy atom. The number of aryl methyl sites for hydroxylation is 2. The van der Waals surface area contributed by atoms with Gasteiger partial charge in [-0.3, -0.25) is 10.2 Å². The van der Waals surface area contributed by atoms with Crippen LogP contribution in [0.4, 0.5) is 5.82 Å². The van der Waals surface area contributed by atoms with Gasteiger partial charge in [-0.05, 0) is 36.1 Å². The number of hydrogen-bond acceptors (Lipinski definition) is 6. The minimum Gasteiger partial charge on any atom is -0.353 e. The van der Waals surface area contributed by atoms with E-state index in [9.17, 15) is 4.79 Å². The molecule has 3 rings (SSSR count). The smallest absolute Gasteiger partial charge is 0.238 e. The van der Waals surface area contributed by atoms with Crippen LogP contribution in [-0.4, -0.2) is 42.3 Å². The van der Waals surface area contributed by atoms with Crippen molar-refractivity contribution in [2.24, 2.45) is 5.84 Å². The fraction of sp³-hybridized carbons (Fsp3) is 0.421. The first-order valence-electron chi connectivity index (χ1n) is 8.60. The number of hydrazine groups is 1. The van der Waals surface area contributed by atoms with Crippen LogP contribution in [0, 0.1) is 0 Å². The van der Waals surface area contributed by atoms with Crippen molar-refractivity contribution in [3.05, 3.63) is 53.2 Å². The van der Waals surface area contributed by atoms with Crippen LogP contribution in [-0.2, 0) is 24.1 Å². The number of hydrogen-bond donors (Lipinski definition) is 3. The lowest BCUT2D eigenvalue weighted by Gasteiger charge is -2.27. The predicted molar refractivity (Wildman–Crippen MR) is 104 cm³/mol. The van der Waals surface area contributed by atoms with Gasteiger partial charge >= 0.3 is 0 Å². The van der Waals surface area contributed by atoms with E-state index in [1.807, 2.05) is 24.3 Å². The van der Waals surface area contributed by atoms with Gasteiger partial charge in [-0.25, -0.2) is 5.84 Å². The fourth-order valence-corrected chi connectivity index (χ4v) is 2.88. The second-order valence-corrected chi connectivity index (χ2v) is 6.18. The Bertz CT molecular complexity index is 680. The Morgan fingerprint density at radius 2 is 1.73 bits per heavy atom. The third-order valence-corrected chi connectivity index (χ3v) is 4.37. The van der Waals surface area contributed by atoms with Gasteiger partial charge < -0.3 is 10.2 Å². The van der Waals surface area contributed by atoms with E-state index in [4.69, 9.17) is 5.84 Å². The zero-order valence-corrected chi connectivity index (χ0v) is 14.2. The monoisotopic (exact) mass is 356 g/mol. The van der Waals surface area contributed by atoms with E-state index in [1.54, 1.807) is 0 Å². The summed E-state index contributed by atoms with van der Waals surface area (Å²) in [6, 6.07) is 12.1. The molecule has 2 heterocycles. The van der Waals surface area contributed by atoms with E-state index in [0.717, 1.165) is 56.1 Å². The summed E-state index contributed by atoms with van der Waals surface area (Å²) in [6.45, 7) is 3.93. The summed E-state index contributed by atoms with van der Waals surface area (Å²) in [4.78, 5) is 13.5. The second kappa shape index (κ2) is 9.84. The Balaban J connectivity index is 0.00000243. The minimum absolute atomic E-state index is 0. The molecule has 0 unspecified atom stereocenters. The molecule has 1 fully saturated rings. The van der Waals surface area contributed by atoms with Gasteiger partial charge in [-0.2, -0.15) is 5.10 Å². The Labute approximate surface area is 155 Å². The van der Waals surface area contributed by atoms with E-state index in [1.165, 1.54) is 5.56 Å². The molecule has 7 heteroatoms. The van der Waals surface area contributed by atoms with Crippen molar-refractivity contribution in [2.75, 3.05) is 31.1 Å². The number of nitrogens with two attached hydrogens (primary N) is 1. The van der Waals surface area contributed by atoms with Crippen molar-refractivity contribution in [3.63, 3.8) is 0 Å². The summed E-state index contributed by atoms with van der Waals surface area (Å²) in [5.41, 5.74) is 5.30. The highest BCUT2D eigenvalue weighted by Gasteiger charge is 2.11. The molecule has 0 aliphatic carbocycles. The average molecular weight is 356 g/mol. The van der Waals surface area contributed by atoms with E-state index in [0.29, 0.717) is 6.42 Å². The fourth-order valence-electron chi connectivity index (χ4n) is 2.88. The summed E-state index contributed by atoms with van der Waals surface area (Å²) in [5, 5.41) is 12.1. The molecule has 4 N–H and O–H groups in total. The molecule has 1 aromatic heterocycles. The highest BCUT2D eigenvalue weighted by molar-refractivity contribution is 5.77. The molecule has 0 bridgehead atoms. The van der Waals surface area contributed by atoms with Crippen LogP contribution in [0.1, 0.15) is 24.2 Å². The molecular weight excluding hydrogens is 328 g/mol. The molecule has 0 spiro atoms. The van der Waals surface area contributed by atoms with Gasteiger partial charge in [0.2, 0.25) is 5.91 Å². The number of carbonyl (C=O) groups excluding carboxylic acids is 1. The van der Waals surface area contributed by atoms with Gasteiger partial charge in [0.15, 0.2) is 5.82 Å². The standard InChI is InChI=1S/C18H24N6O.CH4/c19-21-18(25)13-15-3-1-14(2-4-15)5-6-16-7-8-17(23-22-16)24-11-9-20-10-12-24;/h1-4,7-8,20H,5-6,9-13,19H2,(H,21,25);1H4. The average Bonchev–Trinajstić information content (AvgIpc) is 2.68. The Hall–Kier alpha value is -2.51. The quantitative estimate of drug-likeness (QED) is 0.403. The number of rotatable bonds is 6. The van der Waals surface area contributed by atoms with E-state index in [-0.39, 0.29) is 13.3 Å². The molecule has 26 heavy (non-hydrogen) atoms. The van der Waals surface area contributed by atoms with Gasteiger partial charge in [0, 0.05) is 26.2 Å². The van der Waals surface area contributed by atoms with Crippen molar-refractivity contribution in [3.8, 4) is 0 Å². The summed E-state index contributed by atoms with van der Waals surface area (Å²) < 4.78 is 0. The van der Waals surface area contributed by atoms with Crippen LogP contribution in [0.5, 0.6) is 0 Å². The number of amides is 1. The third kappa shape index (κ3) is 5.50. The maximum atomic E-state index is 11.3. The third-order valence-electron chi connectivity index (χ3n) is 4.37. The molecular formula is C19H28N6O. The molecule has 1 amide bonds. The number of nitrogens with one attached hydrogen (secondary N) is 2. The SMILES string of the molecule is C.NNC(=O)Cc1ccc(CCc2ccc(N3CCNCC3)nn2)cc1. The first-order valence-corrected chi connectivity index (χ1v) is 8.60. The zero-order chi connectivity index (χ0) is 17.5. The van der Waals surface area contributed by atoms with Crippen molar-refractivity contribution in [1.82, 2.24) is 20.9 Å². The topological polar surface area (TPSA) is 96.2 Å². The summed E-state index contributed by atoms with van der Waals surface area (Å²) >= 11 is 0. The first kappa shape index (κ1) is 19.8. The molecule has 1 aliphatic rings. The van der Waals surface area contributed by atoms with Crippen LogP contribution >= 0.6 is 0 Å². The van der Waals surface area contributed by atoms with Crippen LogP contribution in [0.25, 0.3) is 0 Å². The first-order chi connectivity index (χ1) is 12.2. The van der Waals surface area contributed by atoms with E-state index < -0.39 is 0 Å². The number of benzene rings is 1. The molecule has 1 aromatic carbocycles. The second-order valence-electron chi connectivity index (χ2n) is 6.18. The van der Waals surface area contributed by atoms with Crippen molar-refractivity contribution in [1.29, 1.82) is 0 Å². The lowest BCUT2D eigenvalue weighted by atomic mass is 10.0. The molecule has 0 saturated carbocycles. The van der Waals surface area contributed by atoms with Crippen LogP contribution in [0.15, 0.2) is 36.4 Å². The van der Waals surface area contributed by atoms with Gasteiger partial charge in [0.1, 0.15) is 0 Å². The van der Waals surface area contributed by atoms with Gasteiger partial charge in [-0.15, -0.1) is 5.10 Å². The van der Waals surface area contributed by atoms with Gasteiger partial charge in [0.25, 0.3) is 0 Å². The largest absolute Gasteiger partial charge is 0.353 e. The number of anilines is 1. The zero-order valence-electron chi connectivity index (χ0n) is 14.2. The maximum absolute atomic E-state index is 11.3. The van der Waals surface area contributed by atoms with Crippen LogP contribution in [0.3, 0.4) is 0 Å². The molecule has 0 radical (unpaired) electrons. The van der Waals surface area contributed by atoms with Gasteiger partial charge in [0.05, 0.1) is 12.1 Å². The van der Waals surface area contributed by atoms with Crippen molar-refractivity contribution in [2.45, 2.75) is 26.7 Å². The Morgan fingerprint density at radius 3 is 2.35 bits per heavy atom. The molecule has 0 atom stereocenters. The number of piperazine rings is 1. The van der Waals surface area contributed by atoms with Gasteiger partial charge in [-0.1, -0.05) is 31.7 Å². The number of aromatic nitrogens is 2. The summed E-state index contributed by atoms with van der Waals surface area (Å²) in [7, 11) is 0. The molecule has 7 nitrogen and oxygen atoms in total. The van der Waals surface area contributed by atoms with Crippen LogP contribution in [0.2, 0.25) is 0 Å². The molecule has 140 valence electrons. The minimum atomic E-state index is -0.187. The highest BCUT2D eigenvalue weighted by atomic mass is 16.2. The molecule has 1 aliphatic heterocycles. The van der Waals surface area contributed by atoms with E-state index >= 15 is 0 Å². The summed E-state index contributed by atoms with van der Waals surface area (Å²) in [6.07, 6.45) is 2.04. The van der Waals surface area contributed by atoms with E-state index in [2.05, 4.69) is 38.0 Å². The summed E-state index contributed by atoms with van der Waals surface area (Å²) in [5.74, 6) is 5.87. The predicted octanol–water partition coefficient (Wildman–Crippen LogP) is 0.840. The van der Waals surface area contributed by atoms with Crippen molar-refractivity contribution < 1.29 is 4.79 Å². The number of nitrogens with zero attached hydrogens (tertiary/aromatic N) is 3. The molecule has 2 aromatic rings. The highest BCUT2D eigenvalue weighted by Crippen LogP contribution is 2.12. The normalized spacial score (nSPS) is 13.8. The lowest BCUT2D eigenvalue weighted by Crippen LogP contribution is -2.44. The Kier molecular flexibility index (Phi) is 7.50. The maximum Gasteiger partial charge on any atom is 0.238 e. The molecule has 1 saturated heterocycles. The number of carbonyl (C=O) groups is 1. The van der Waals surface area contributed by atoms with Crippen molar-refractivity contribution >= 4 is 11.7 Å². The lowest BCUT2D eigenvalue weighted by molar-refractivity contribution is -0.120.